The summed E-state index contributed by atoms with van der Waals surface area (Å²) in [6.45, 7) is 2.28. The van der Waals surface area contributed by atoms with Crippen molar-refractivity contribution in [3.63, 3.8) is 0 Å². The summed E-state index contributed by atoms with van der Waals surface area (Å²) >= 11 is 0. The van der Waals surface area contributed by atoms with Crippen molar-refractivity contribution in [1.29, 1.82) is 0 Å². The van der Waals surface area contributed by atoms with Gasteiger partial charge in [0.25, 0.3) is 0 Å². The first-order chi connectivity index (χ1) is 4.22. The molecule has 1 unspecified atom stereocenters. The third kappa shape index (κ3) is 3.05. The molecule has 0 aromatic rings. The molecule has 4 heteroatoms. The van der Waals surface area contributed by atoms with Gasteiger partial charge in [-0.15, -0.1) is 0 Å². The molecule has 0 aliphatic heterocycles. The predicted octanol–water partition coefficient (Wildman–Crippen LogP) is -1.56. The summed E-state index contributed by atoms with van der Waals surface area (Å²) in [6.07, 6.45) is -1.05. The fourth-order valence-corrected chi connectivity index (χ4v) is 0.399. The minimum atomic E-state index is -1.05. The number of rotatable bonds is 3. The van der Waals surface area contributed by atoms with E-state index in [1.165, 1.54) is 0 Å². The fraction of sp³-hybridized carbons (Fsp3) is 0.800. The molecular formula is C5H12N2O2. The van der Waals surface area contributed by atoms with Gasteiger partial charge >= 0.3 is 0 Å². The second-order valence-electron chi connectivity index (χ2n) is 1.65. The SMILES string of the molecule is CCNC(=O)C(O)CN. The molecule has 0 saturated carbocycles. The maximum absolute atomic E-state index is 10.5. The maximum Gasteiger partial charge on any atom is 0.250 e. The van der Waals surface area contributed by atoms with Crippen LogP contribution in [0, 0.1) is 0 Å². The molecule has 0 bridgehead atoms. The topological polar surface area (TPSA) is 75.3 Å². The zero-order chi connectivity index (χ0) is 7.28. The minimum Gasteiger partial charge on any atom is -0.382 e. The molecule has 0 aliphatic carbocycles. The Morgan fingerprint density at radius 1 is 1.89 bits per heavy atom. The van der Waals surface area contributed by atoms with Crippen molar-refractivity contribution in [3.05, 3.63) is 0 Å². The molecule has 1 amide bonds. The highest BCUT2D eigenvalue weighted by Crippen LogP contribution is 1.76. The Hall–Kier alpha value is -0.610. The van der Waals surface area contributed by atoms with Gasteiger partial charge in [-0.1, -0.05) is 0 Å². The van der Waals surface area contributed by atoms with Crippen molar-refractivity contribution < 1.29 is 9.90 Å². The maximum atomic E-state index is 10.5. The molecule has 0 aliphatic rings. The number of likely N-dealkylation sites (N-methyl/N-ethyl adjacent to an activating group) is 1. The normalized spacial score (nSPS) is 12.8. The van der Waals surface area contributed by atoms with Crippen molar-refractivity contribution in [2.24, 2.45) is 5.73 Å². The van der Waals surface area contributed by atoms with E-state index in [1.54, 1.807) is 6.92 Å². The van der Waals surface area contributed by atoms with Crippen molar-refractivity contribution in [2.75, 3.05) is 13.1 Å². The van der Waals surface area contributed by atoms with Crippen LogP contribution in [-0.4, -0.2) is 30.2 Å². The van der Waals surface area contributed by atoms with Gasteiger partial charge in [-0.05, 0) is 6.92 Å². The lowest BCUT2D eigenvalue weighted by Gasteiger charge is -2.05. The smallest absolute Gasteiger partial charge is 0.250 e. The molecule has 0 heterocycles. The van der Waals surface area contributed by atoms with Gasteiger partial charge in [0.15, 0.2) is 0 Å². The third-order valence-electron chi connectivity index (χ3n) is 0.877. The van der Waals surface area contributed by atoms with E-state index in [0.717, 1.165) is 0 Å². The Morgan fingerprint density at radius 3 is 2.78 bits per heavy atom. The number of nitrogens with two attached hydrogens (primary N) is 1. The van der Waals surface area contributed by atoms with E-state index in [0.29, 0.717) is 6.54 Å². The second kappa shape index (κ2) is 4.29. The molecule has 1 atom stereocenters. The molecule has 0 saturated heterocycles. The highest BCUT2D eigenvalue weighted by molar-refractivity contribution is 5.80. The number of hydrogen-bond acceptors (Lipinski definition) is 3. The lowest BCUT2D eigenvalue weighted by Crippen LogP contribution is -2.38. The molecule has 0 spiro atoms. The van der Waals surface area contributed by atoms with Crippen LogP contribution in [0.25, 0.3) is 0 Å². The molecule has 4 nitrogen and oxygen atoms in total. The molecule has 54 valence electrons. The first-order valence-electron chi connectivity index (χ1n) is 2.88. The Labute approximate surface area is 54.0 Å². The van der Waals surface area contributed by atoms with Gasteiger partial charge in [0.05, 0.1) is 0 Å². The largest absolute Gasteiger partial charge is 0.382 e. The fourth-order valence-electron chi connectivity index (χ4n) is 0.399. The van der Waals surface area contributed by atoms with Crippen LogP contribution in [0.5, 0.6) is 0 Å². The number of aliphatic hydroxyl groups excluding tert-OH is 1. The van der Waals surface area contributed by atoms with Crippen molar-refractivity contribution in [2.45, 2.75) is 13.0 Å². The average Bonchev–Trinajstić information content (AvgIpc) is 1.87. The van der Waals surface area contributed by atoms with Crippen LogP contribution in [-0.2, 0) is 4.79 Å². The van der Waals surface area contributed by atoms with Crippen LogP contribution >= 0.6 is 0 Å². The standard InChI is InChI=1S/C5H12N2O2/c1-2-7-5(9)4(8)3-6/h4,8H,2-3,6H2,1H3,(H,7,9). The van der Waals surface area contributed by atoms with E-state index >= 15 is 0 Å². The first-order valence-corrected chi connectivity index (χ1v) is 2.88. The molecule has 0 fully saturated rings. The van der Waals surface area contributed by atoms with Crippen LogP contribution in [0.2, 0.25) is 0 Å². The predicted molar refractivity (Wildman–Crippen MR) is 33.7 cm³/mol. The van der Waals surface area contributed by atoms with Crippen LogP contribution in [0.4, 0.5) is 0 Å². The van der Waals surface area contributed by atoms with Crippen LogP contribution < -0.4 is 11.1 Å². The molecule has 0 aromatic carbocycles. The van der Waals surface area contributed by atoms with E-state index in [4.69, 9.17) is 10.8 Å². The summed E-state index contributed by atoms with van der Waals surface area (Å²) in [5.41, 5.74) is 4.99. The summed E-state index contributed by atoms with van der Waals surface area (Å²) in [5, 5.41) is 11.1. The lowest BCUT2D eigenvalue weighted by atomic mass is 10.3. The van der Waals surface area contributed by atoms with Gasteiger partial charge in [0.2, 0.25) is 5.91 Å². The highest BCUT2D eigenvalue weighted by Gasteiger charge is 2.09. The molecular weight excluding hydrogens is 120 g/mol. The van der Waals surface area contributed by atoms with Gasteiger partial charge in [-0.3, -0.25) is 4.79 Å². The summed E-state index contributed by atoms with van der Waals surface area (Å²) in [7, 11) is 0. The molecule has 0 aromatic heterocycles. The number of amides is 1. The minimum absolute atomic E-state index is 0.0220. The van der Waals surface area contributed by atoms with E-state index in [2.05, 4.69) is 5.32 Å². The van der Waals surface area contributed by atoms with Crippen molar-refractivity contribution in [3.8, 4) is 0 Å². The van der Waals surface area contributed by atoms with Gasteiger partial charge in [0.1, 0.15) is 6.10 Å². The summed E-state index contributed by atoms with van der Waals surface area (Å²) in [5.74, 6) is -0.403. The van der Waals surface area contributed by atoms with Gasteiger partial charge < -0.3 is 16.2 Å². The van der Waals surface area contributed by atoms with Gasteiger partial charge in [-0.2, -0.15) is 0 Å². The molecule has 0 rings (SSSR count). The van der Waals surface area contributed by atoms with Crippen molar-refractivity contribution in [1.82, 2.24) is 5.32 Å². The van der Waals surface area contributed by atoms with E-state index in [1.807, 2.05) is 0 Å². The molecule has 4 N–H and O–H groups in total. The zero-order valence-corrected chi connectivity index (χ0v) is 5.42. The summed E-state index contributed by atoms with van der Waals surface area (Å²) in [6, 6.07) is 0. The summed E-state index contributed by atoms with van der Waals surface area (Å²) < 4.78 is 0. The molecule has 9 heavy (non-hydrogen) atoms. The zero-order valence-electron chi connectivity index (χ0n) is 5.42. The quantitative estimate of drug-likeness (QED) is 0.435. The van der Waals surface area contributed by atoms with Gasteiger partial charge in [0, 0.05) is 13.1 Å². The second-order valence-corrected chi connectivity index (χ2v) is 1.65. The number of hydrogen-bond donors (Lipinski definition) is 3. The number of aliphatic hydroxyl groups is 1. The number of carbonyl (C=O) groups is 1. The Kier molecular flexibility index (Phi) is 4.00. The summed E-state index contributed by atoms with van der Waals surface area (Å²) in [4.78, 5) is 10.5. The third-order valence-corrected chi connectivity index (χ3v) is 0.877. The highest BCUT2D eigenvalue weighted by atomic mass is 16.3. The van der Waals surface area contributed by atoms with E-state index < -0.39 is 12.0 Å². The Bertz CT molecular complexity index is 95.0. The van der Waals surface area contributed by atoms with Gasteiger partial charge in [-0.25, -0.2) is 0 Å². The molecule has 0 radical (unpaired) electrons. The van der Waals surface area contributed by atoms with Crippen LogP contribution in [0.3, 0.4) is 0 Å². The van der Waals surface area contributed by atoms with Crippen LogP contribution in [0.1, 0.15) is 6.92 Å². The Morgan fingerprint density at radius 2 is 2.44 bits per heavy atom. The van der Waals surface area contributed by atoms with E-state index in [9.17, 15) is 4.79 Å². The Balaban J connectivity index is 3.46. The number of nitrogens with one attached hydrogen (secondary N) is 1. The van der Waals surface area contributed by atoms with Crippen LogP contribution in [0.15, 0.2) is 0 Å². The van der Waals surface area contributed by atoms with Crippen molar-refractivity contribution >= 4 is 5.91 Å². The number of carbonyl (C=O) groups excluding carboxylic acids is 1. The first kappa shape index (κ1) is 8.39. The lowest BCUT2D eigenvalue weighted by molar-refractivity contribution is -0.128. The monoisotopic (exact) mass is 132 g/mol. The average molecular weight is 132 g/mol. The van der Waals surface area contributed by atoms with E-state index in [-0.39, 0.29) is 6.54 Å².